The zero-order valence-electron chi connectivity index (χ0n) is 8.92. The topological polar surface area (TPSA) is 33.3 Å². The first-order valence-electron chi connectivity index (χ1n) is 5.06. The van der Waals surface area contributed by atoms with Crippen LogP contribution in [0.5, 0.6) is 5.75 Å². The molecule has 0 saturated heterocycles. The minimum absolute atomic E-state index is 0.657. The summed E-state index contributed by atoms with van der Waals surface area (Å²) >= 11 is 5.82. The quantitative estimate of drug-likeness (QED) is 0.695. The Kier molecular flexibility index (Phi) is 6.16. The van der Waals surface area contributed by atoms with Gasteiger partial charge in [0.05, 0.1) is 0 Å². The van der Waals surface area contributed by atoms with E-state index in [2.05, 4.69) is 10.6 Å². The summed E-state index contributed by atoms with van der Waals surface area (Å²) in [4.78, 5) is 0. The molecule has 0 aromatic heterocycles. The van der Waals surface area contributed by atoms with E-state index in [4.69, 9.17) is 16.3 Å². The maximum atomic E-state index is 5.82. The Labute approximate surface area is 95.8 Å². The van der Waals surface area contributed by atoms with Gasteiger partial charge < -0.3 is 15.4 Å². The minimum Gasteiger partial charge on any atom is -0.492 e. The maximum Gasteiger partial charge on any atom is 0.120 e. The lowest BCUT2D eigenvalue weighted by Crippen LogP contribution is -2.28. The van der Waals surface area contributed by atoms with Gasteiger partial charge in [-0.25, -0.2) is 0 Å². The highest BCUT2D eigenvalue weighted by Crippen LogP contribution is 2.16. The van der Waals surface area contributed by atoms with Crippen LogP contribution in [0.4, 0.5) is 0 Å². The fraction of sp³-hybridized carbons (Fsp3) is 0.455. The van der Waals surface area contributed by atoms with Gasteiger partial charge in [-0.2, -0.15) is 0 Å². The number of nitrogens with one attached hydrogen (secondary N) is 2. The Bertz CT molecular complexity index is 281. The Hall–Kier alpha value is -0.770. The third kappa shape index (κ3) is 5.62. The molecule has 0 radical (unpaired) electrons. The summed E-state index contributed by atoms with van der Waals surface area (Å²) in [5.41, 5.74) is 0. The first-order valence-corrected chi connectivity index (χ1v) is 5.44. The van der Waals surface area contributed by atoms with Crippen LogP contribution in [0.2, 0.25) is 5.02 Å². The number of hydrogen-bond donors (Lipinski definition) is 2. The summed E-state index contributed by atoms with van der Waals surface area (Å²) in [5.74, 6) is 0.818. The molecule has 4 heteroatoms. The SMILES string of the molecule is CNCCNCCOc1cccc(Cl)c1. The largest absolute Gasteiger partial charge is 0.492 e. The Morgan fingerprint density at radius 2 is 2.13 bits per heavy atom. The zero-order valence-corrected chi connectivity index (χ0v) is 9.68. The van der Waals surface area contributed by atoms with Crippen molar-refractivity contribution in [3.8, 4) is 5.75 Å². The molecule has 0 spiro atoms. The van der Waals surface area contributed by atoms with Crippen LogP contribution in [0.1, 0.15) is 0 Å². The van der Waals surface area contributed by atoms with Crippen LogP contribution in [0.3, 0.4) is 0 Å². The van der Waals surface area contributed by atoms with Crippen molar-refractivity contribution in [1.82, 2.24) is 10.6 Å². The molecule has 0 bridgehead atoms. The zero-order chi connectivity index (χ0) is 10.9. The predicted octanol–water partition coefficient (Wildman–Crippen LogP) is 1.53. The van der Waals surface area contributed by atoms with Crippen molar-refractivity contribution in [3.63, 3.8) is 0 Å². The van der Waals surface area contributed by atoms with Gasteiger partial charge >= 0.3 is 0 Å². The molecular weight excluding hydrogens is 212 g/mol. The molecule has 2 N–H and O–H groups in total. The molecule has 1 rings (SSSR count). The smallest absolute Gasteiger partial charge is 0.120 e. The molecule has 1 aromatic rings. The van der Waals surface area contributed by atoms with E-state index in [1.165, 1.54) is 0 Å². The third-order valence-corrected chi connectivity index (χ3v) is 2.13. The van der Waals surface area contributed by atoms with Crippen molar-refractivity contribution in [1.29, 1.82) is 0 Å². The molecule has 0 amide bonds. The average Bonchev–Trinajstić information content (AvgIpc) is 2.23. The van der Waals surface area contributed by atoms with Crippen LogP contribution in [0.15, 0.2) is 24.3 Å². The Balaban J connectivity index is 2.10. The van der Waals surface area contributed by atoms with Crippen LogP contribution in [-0.4, -0.2) is 33.3 Å². The van der Waals surface area contributed by atoms with Crippen LogP contribution in [-0.2, 0) is 0 Å². The molecule has 84 valence electrons. The molecule has 3 nitrogen and oxygen atoms in total. The summed E-state index contributed by atoms with van der Waals surface area (Å²) in [7, 11) is 1.93. The molecule has 0 aliphatic heterocycles. The lowest BCUT2D eigenvalue weighted by molar-refractivity contribution is 0.314. The summed E-state index contributed by atoms with van der Waals surface area (Å²) in [6.45, 7) is 3.42. The fourth-order valence-electron chi connectivity index (χ4n) is 1.14. The lowest BCUT2D eigenvalue weighted by atomic mass is 10.3. The second kappa shape index (κ2) is 7.51. The standard InChI is InChI=1S/C11H17ClN2O/c1-13-5-6-14-7-8-15-11-4-2-3-10(12)9-11/h2-4,9,13-14H,5-8H2,1H3. The number of ether oxygens (including phenoxy) is 1. The average molecular weight is 229 g/mol. The minimum atomic E-state index is 0.657. The van der Waals surface area contributed by atoms with Crippen LogP contribution < -0.4 is 15.4 Å². The van der Waals surface area contributed by atoms with Crippen LogP contribution >= 0.6 is 11.6 Å². The molecular formula is C11H17ClN2O. The van der Waals surface area contributed by atoms with E-state index >= 15 is 0 Å². The van der Waals surface area contributed by atoms with Gasteiger partial charge in [-0.15, -0.1) is 0 Å². The molecule has 0 saturated carbocycles. The third-order valence-electron chi connectivity index (χ3n) is 1.90. The van der Waals surface area contributed by atoms with Crippen molar-refractivity contribution in [2.24, 2.45) is 0 Å². The highest BCUT2D eigenvalue weighted by atomic mass is 35.5. The van der Waals surface area contributed by atoms with E-state index in [0.29, 0.717) is 11.6 Å². The van der Waals surface area contributed by atoms with Crippen molar-refractivity contribution in [2.45, 2.75) is 0 Å². The number of likely N-dealkylation sites (N-methyl/N-ethyl adjacent to an activating group) is 1. The number of hydrogen-bond acceptors (Lipinski definition) is 3. The summed E-state index contributed by atoms with van der Waals surface area (Å²) < 4.78 is 5.50. The van der Waals surface area contributed by atoms with Gasteiger partial charge in [-0.3, -0.25) is 0 Å². The maximum absolute atomic E-state index is 5.82. The molecule has 0 fully saturated rings. The van der Waals surface area contributed by atoms with Gasteiger partial charge in [0, 0.05) is 24.7 Å². The van der Waals surface area contributed by atoms with E-state index in [1.807, 2.05) is 31.3 Å². The number of rotatable bonds is 7. The van der Waals surface area contributed by atoms with E-state index in [-0.39, 0.29) is 0 Å². The monoisotopic (exact) mass is 228 g/mol. The van der Waals surface area contributed by atoms with Crippen molar-refractivity contribution < 1.29 is 4.74 Å². The van der Waals surface area contributed by atoms with Crippen LogP contribution in [0.25, 0.3) is 0 Å². The van der Waals surface area contributed by atoms with Gasteiger partial charge in [0.2, 0.25) is 0 Å². The van der Waals surface area contributed by atoms with E-state index in [0.717, 1.165) is 25.4 Å². The Morgan fingerprint density at radius 3 is 2.87 bits per heavy atom. The highest BCUT2D eigenvalue weighted by Gasteiger charge is 1.94. The van der Waals surface area contributed by atoms with E-state index < -0.39 is 0 Å². The van der Waals surface area contributed by atoms with Gasteiger partial charge in [0.25, 0.3) is 0 Å². The van der Waals surface area contributed by atoms with Crippen molar-refractivity contribution >= 4 is 11.6 Å². The van der Waals surface area contributed by atoms with Crippen LogP contribution in [0, 0.1) is 0 Å². The van der Waals surface area contributed by atoms with E-state index in [1.54, 1.807) is 0 Å². The molecule has 1 aromatic carbocycles. The first kappa shape index (κ1) is 12.3. The number of halogens is 1. The second-order valence-corrected chi connectivity index (χ2v) is 3.60. The summed E-state index contributed by atoms with van der Waals surface area (Å²) in [5, 5.41) is 7.02. The molecule has 0 aliphatic rings. The first-order chi connectivity index (χ1) is 7.33. The van der Waals surface area contributed by atoms with Crippen molar-refractivity contribution in [2.75, 3.05) is 33.3 Å². The van der Waals surface area contributed by atoms with Gasteiger partial charge in [-0.05, 0) is 25.2 Å². The predicted molar refractivity (Wildman–Crippen MR) is 63.7 cm³/mol. The highest BCUT2D eigenvalue weighted by molar-refractivity contribution is 6.30. The van der Waals surface area contributed by atoms with Gasteiger partial charge in [0.15, 0.2) is 0 Å². The molecule has 15 heavy (non-hydrogen) atoms. The Morgan fingerprint density at radius 1 is 1.27 bits per heavy atom. The summed E-state index contributed by atoms with van der Waals surface area (Å²) in [6, 6.07) is 7.43. The second-order valence-electron chi connectivity index (χ2n) is 3.16. The van der Waals surface area contributed by atoms with Gasteiger partial charge in [-0.1, -0.05) is 17.7 Å². The van der Waals surface area contributed by atoms with Gasteiger partial charge in [0.1, 0.15) is 12.4 Å². The molecule has 0 unspecified atom stereocenters. The van der Waals surface area contributed by atoms with E-state index in [9.17, 15) is 0 Å². The van der Waals surface area contributed by atoms with Crippen molar-refractivity contribution in [3.05, 3.63) is 29.3 Å². The molecule has 0 atom stereocenters. The molecule has 0 heterocycles. The fourth-order valence-corrected chi connectivity index (χ4v) is 1.32. The number of benzene rings is 1. The summed E-state index contributed by atoms with van der Waals surface area (Å²) in [6.07, 6.45) is 0. The normalized spacial score (nSPS) is 10.3. The molecule has 0 aliphatic carbocycles. The lowest BCUT2D eigenvalue weighted by Gasteiger charge is -2.07.